The summed E-state index contributed by atoms with van der Waals surface area (Å²) >= 11 is 6.02. The number of anilines is 2. The van der Waals surface area contributed by atoms with E-state index in [0.717, 1.165) is 12.1 Å². The molecule has 0 saturated heterocycles. The average molecular weight is 477 g/mol. The van der Waals surface area contributed by atoms with Crippen LogP contribution in [0.15, 0.2) is 70.7 Å². The van der Waals surface area contributed by atoms with E-state index in [0.29, 0.717) is 11.3 Å². The van der Waals surface area contributed by atoms with Crippen LogP contribution in [0.4, 0.5) is 17.1 Å². The number of nitro groups is 1. The standard InChI is InChI=1S/C20H17ClN4O6S/c1-31-15-7-9-19(26)13(10-15)12-22-23-18-8-6-14(25(27)28)11-20(18)32(29,30)24-17-5-3-2-4-16(17)21/h2-12,23-24,26H,1H3. The van der Waals surface area contributed by atoms with Crippen molar-refractivity contribution in [1.82, 2.24) is 0 Å². The zero-order valence-electron chi connectivity index (χ0n) is 16.5. The van der Waals surface area contributed by atoms with Crippen LogP contribution in [-0.4, -0.2) is 31.8 Å². The Kier molecular flexibility index (Phi) is 6.81. The highest BCUT2D eigenvalue weighted by Gasteiger charge is 2.23. The van der Waals surface area contributed by atoms with Gasteiger partial charge in [0.2, 0.25) is 0 Å². The molecule has 0 fully saturated rings. The molecule has 0 heterocycles. The third-order valence-electron chi connectivity index (χ3n) is 4.21. The molecule has 3 N–H and O–H groups in total. The quantitative estimate of drug-likeness (QED) is 0.251. The zero-order valence-corrected chi connectivity index (χ0v) is 18.1. The SMILES string of the molecule is COc1ccc(O)c(C=NNc2ccc([N+](=O)[O-])cc2S(=O)(=O)Nc2ccccc2Cl)c1. The summed E-state index contributed by atoms with van der Waals surface area (Å²) < 4.78 is 33.4. The minimum absolute atomic E-state index is 0.0335. The highest BCUT2D eigenvalue weighted by molar-refractivity contribution is 7.93. The Hall–Kier alpha value is -3.83. The van der Waals surface area contributed by atoms with E-state index in [1.54, 1.807) is 18.2 Å². The van der Waals surface area contributed by atoms with Gasteiger partial charge in [0, 0.05) is 17.7 Å². The minimum Gasteiger partial charge on any atom is -0.507 e. The summed E-state index contributed by atoms with van der Waals surface area (Å²) in [6.45, 7) is 0. The van der Waals surface area contributed by atoms with Gasteiger partial charge in [0.15, 0.2) is 0 Å². The van der Waals surface area contributed by atoms with Crippen molar-refractivity contribution in [3.8, 4) is 11.5 Å². The van der Waals surface area contributed by atoms with Crippen molar-refractivity contribution in [1.29, 1.82) is 0 Å². The van der Waals surface area contributed by atoms with Gasteiger partial charge in [-0.1, -0.05) is 23.7 Å². The first-order chi connectivity index (χ1) is 15.2. The first kappa shape index (κ1) is 22.8. The van der Waals surface area contributed by atoms with Crippen LogP contribution in [0, 0.1) is 10.1 Å². The highest BCUT2D eigenvalue weighted by atomic mass is 35.5. The van der Waals surface area contributed by atoms with Crippen LogP contribution in [0.25, 0.3) is 0 Å². The van der Waals surface area contributed by atoms with E-state index in [9.17, 15) is 23.6 Å². The number of phenolic OH excluding ortho intramolecular Hbond substituents is 1. The molecule has 0 unspecified atom stereocenters. The second-order valence-corrected chi connectivity index (χ2v) is 8.38. The Balaban J connectivity index is 1.96. The molecule has 0 bridgehead atoms. The van der Waals surface area contributed by atoms with Gasteiger partial charge in [-0.3, -0.25) is 20.3 Å². The van der Waals surface area contributed by atoms with Crippen LogP contribution in [0.2, 0.25) is 5.02 Å². The zero-order chi connectivity index (χ0) is 23.3. The lowest BCUT2D eigenvalue weighted by Gasteiger charge is -2.13. The van der Waals surface area contributed by atoms with Gasteiger partial charge in [-0.2, -0.15) is 5.10 Å². The predicted octanol–water partition coefficient (Wildman–Crippen LogP) is 4.21. The lowest BCUT2D eigenvalue weighted by molar-refractivity contribution is -0.385. The van der Waals surface area contributed by atoms with Crippen molar-refractivity contribution in [2.24, 2.45) is 5.10 Å². The van der Waals surface area contributed by atoms with E-state index in [1.807, 2.05) is 0 Å². The van der Waals surface area contributed by atoms with Crippen LogP contribution in [0.1, 0.15) is 5.56 Å². The third-order valence-corrected chi connectivity index (χ3v) is 5.94. The number of nitrogens with zero attached hydrogens (tertiary/aromatic N) is 2. The predicted molar refractivity (Wildman–Crippen MR) is 121 cm³/mol. The number of para-hydroxylation sites is 1. The maximum Gasteiger partial charge on any atom is 0.270 e. The summed E-state index contributed by atoms with van der Waals surface area (Å²) in [5.41, 5.74) is 2.49. The van der Waals surface area contributed by atoms with Gasteiger partial charge in [-0.25, -0.2) is 8.42 Å². The number of phenols is 1. The number of hydrazone groups is 1. The molecule has 0 aliphatic carbocycles. The smallest absolute Gasteiger partial charge is 0.270 e. The number of methoxy groups -OCH3 is 1. The fraction of sp³-hybridized carbons (Fsp3) is 0.0500. The number of sulfonamides is 1. The molecule has 0 aromatic heterocycles. The molecule has 12 heteroatoms. The second-order valence-electron chi connectivity index (χ2n) is 6.32. The number of rotatable bonds is 8. The molecule has 0 radical (unpaired) electrons. The van der Waals surface area contributed by atoms with Crippen LogP contribution in [-0.2, 0) is 10.0 Å². The fourth-order valence-corrected chi connectivity index (χ4v) is 4.11. The molecule has 32 heavy (non-hydrogen) atoms. The summed E-state index contributed by atoms with van der Waals surface area (Å²) in [4.78, 5) is 10.0. The molecule has 10 nitrogen and oxygen atoms in total. The van der Waals surface area contributed by atoms with Crippen LogP contribution < -0.4 is 14.9 Å². The van der Waals surface area contributed by atoms with Crippen LogP contribution >= 0.6 is 11.6 Å². The second kappa shape index (κ2) is 9.54. The van der Waals surface area contributed by atoms with Crippen molar-refractivity contribution < 1.29 is 23.2 Å². The average Bonchev–Trinajstić information content (AvgIpc) is 2.76. The molecular formula is C20H17ClN4O6S. The molecule has 166 valence electrons. The fourth-order valence-electron chi connectivity index (χ4n) is 2.62. The van der Waals surface area contributed by atoms with Crippen molar-refractivity contribution in [2.45, 2.75) is 4.90 Å². The Labute approximate surface area is 188 Å². The van der Waals surface area contributed by atoms with Crippen molar-refractivity contribution in [3.63, 3.8) is 0 Å². The molecule has 3 aromatic rings. The molecule has 3 rings (SSSR count). The first-order valence-corrected chi connectivity index (χ1v) is 10.8. The lowest BCUT2D eigenvalue weighted by Crippen LogP contribution is -2.15. The van der Waals surface area contributed by atoms with E-state index in [2.05, 4.69) is 15.2 Å². The normalized spacial score (nSPS) is 11.3. The van der Waals surface area contributed by atoms with Gasteiger partial charge in [0.1, 0.15) is 16.4 Å². The van der Waals surface area contributed by atoms with Crippen molar-refractivity contribution >= 4 is 44.9 Å². The largest absolute Gasteiger partial charge is 0.507 e. The van der Waals surface area contributed by atoms with Crippen molar-refractivity contribution in [3.05, 3.63) is 81.4 Å². The third kappa shape index (κ3) is 5.25. The number of aromatic hydroxyl groups is 1. The lowest BCUT2D eigenvalue weighted by atomic mass is 10.2. The first-order valence-electron chi connectivity index (χ1n) is 8.93. The Morgan fingerprint density at radius 2 is 1.88 bits per heavy atom. The van der Waals surface area contributed by atoms with E-state index in [1.165, 1.54) is 43.7 Å². The van der Waals surface area contributed by atoms with E-state index in [4.69, 9.17) is 16.3 Å². The summed E-state index contributed by atoms with van der Waals surface area (Å²) in [5, 5.41) is 25.2. The number of nitro benzene ring substituents is 1. The van der Waals surface area contributed by atoms with E-state index < -0.39 is 25.5 Å². The van der Waals surface area contributed by atoms with Gasteiger partial charge in [0.05, 0.1) is 34.6 Å². The number of hydrogen-bond acceptors (Lipinski definition) is 8. The molecule has 0 atom stereocenters. The maximum absolute atomic E-state index is 13.0. The van der Waals surface area contributed by atoms with Gasteiger partial charge in [-0.05, 0) is 36.4 Å². The number of nitrogens with one attached hydrogen (secondary N) is 2. The summed E-state index contributed by atoms with van der Waals surface area (Å²) in [7, 11) is -2.82. The van der Waals surface area contributed by atoms with Gasteiger partial charge < -0.3 is 9.84 Å². The Bertz CT molecular complexity index is 1300. The summed E-state index contributed by atoms with van der Waals surface area (Å²) in [6.07, 6.45) is 1.25. The maximum atomic E-state index is 13.0. The molecule has 0 amide bonds. The molecule has 0 saturated carbocycles. The summed E-state index contributed by atoms with van der Waals surface area (Å²) in [5.74, 6) is 0.403. The monoisotopic (exact) mass is 476 g/mol. The number of non-ortho nitro benzene ring substituents is 1. The topological polar surface area (TPSA) is 143 Å². The van der Waals surface area contributed by atoms with Crippen LogP contribution in [0.5, 0.6) is 11.5 Å². The number of hydrogen-bond donors (Lipinski definition) is 3. The van der Waals surface area contributed by atoms with Crippen LogP contribution in [0.3, 0.4) is 0 Å². The molecule has 0 aliphatic rings. The van der Waals surface area contributed by atoms with Gasteiger partial charge in [-0.15, -0.1) is 0 Å². The Morgan fingerprint density at radius 3 is 2.56 bits per heavy atom. The molecular weight excluding hydrogens is 460 g/mol. The molecule has 0 spiro atoms. The van der Waals surface area contributed by atoms with Gasteiger partial charge >= 0.3 is 0 Å². The van der Waals surface area contributed by atoms with E-state index in [-0.39, 0.29) is 22.1 Å². The Morgan fingerprint density at radius 1 is 1.12 bits per heavy atom. The molecule has 3 aromatic carbocycles. The number of ether oxygens (including phenoxy) is 1. The van der Waals surface area contributed by atoms with E-state index >= 15 is 0 Å². The molecule has 0 aliphatic heterocycles. The highest BCUT2D eigenvalue weighted by Crippen LogP contribution is 2.30. The number of benzene rings is 3. The van der Waals surface area contributed by atoms with Crippen molar-refractivity contribution in [2.75, 3.05) is 17.3 Å². The van der Waals surface area contributed by atoms with Gasteiger partial charge in [0.25, 0.3) is 15.7 Å². The summed E-state index contributed by atoms with van der Waals surface area (Å²) in [6, 6.07) is 13.9. The minimum atomic E-state index is -4.28. The number of halogens is 1.